The van der Waals surface area contributed by atoms with E-state index in [1.807, 2.05) is 18.2 Å². The van der Waals surface area contributed by atoms with Crippen molar-refractivity contribution in [2.24, 2.45) is 5.73 Å². The van der Waals surface area contributed by atoms with Crippen molar-refractivity contribution in [3.63, 3.8) is 0 Å². The second kappa shape index (κ2) is 4.64. The van der Waals surface area contributed by atoms with Crippen LogP contribution in [0.15, 0.2) is 36.4 Å². The second-order valence-electron chi connectivity index (χ2n) is 4.11. The van der Waals surface area contributed by atoms with Crippen LogP contribution in [0.4, 0.5) is 0 Å². The van der Waals surface area contributed by atoms with Crippen LogP contribution < -0.4 is 5.73 Å². The van der Waals surface area contributed by atoms with Gasteiger partial charge in [-0.25, -0.2) is 0 Å². The van der Waals surface area contributed by atoms with Crippen molar-refractivity contribution in [1.82, 2.24) is 0 Å². The van der Waals surface area contributed by atoms with E-state index in [0.29, 0.717) is 13.0 Å². The van der Waals surface area contributed by atoms with Crippen LogP contribution in [0, 0.1) is 6.92 Å². The van der Waals surface area contributed by atoms with Gasteiger partial charge in [-0.05, 0) is 41.8 Å². The summed E-state index contributed by atoms with van der Waals surface area (Å²) in [6, 6.07) is 12.2. The maximum Gasteiger partial charge on any atom is 0.0808 e. The lowest BCUT2D eigenvalue weighted by Crippen LogP contribution is -2.07. The van der Waals surface area contributed by atoms with E-state index >= 15 is 0 Å². The van der Waals surface area contributed by atoms with Gasteiger partial charge in [0.15, 0.2) is 0 Å². The monoisotopic (exact) mass is 215 g/mol. The SMILES string of the molecule is Cc1ccc([C@@H](O)CCN)c2ccccc12. The molecule has 16 heavy (non-hydrogen) atoms. The summed E-state index contributed by atoms with van der Waals surface area (Å²) in [6.45, 7) is 2.59. The van der Waals surface area contributed by atoms with Crippen LogP contribution in [0.25, 0.3) is 10.8 Å². The molecule has 0 aliphatic carbocycles. The van der Waals surface area contributed by atoms with E-state index in [-0.39, 0.29) is 0 Å². The van der Waals surface area contributed by atoms with Crippen molar-refractivity contribution >= 4 is 10.8 Å². The quantitative estimate of drug-likeness (QED) is 0.826. The van der Waals surface area contributed by atoms with E-state index in [1.54, 1.807) is 0 Å². The van der Waals surface area contributed by atoms with Crippen LogP contribution >= 0.6 is 0 Å². The lowest BCUT2D eigenvalue weighted by Gasteiger charge is -2.14. The number of aliphatic hydroxyl groups is 1. The van der Waals surface area contributed by atoms with Crippen molar-refractivity contribution in [1.29, 1.82) is 0 Å². The van der Waals surface area contributed by atoms with Gasteiger partial charge in [0.25, 0.3) is 0 Å². The van der Waals surface area contributed by atoms with E-state index in [2.05, 4.69) is 25.1 Å². The zero-order valence-corrected chi connectivity index (χ0v) is 9.48. The van der Waals surface area contributed by atoms with Crippen molar-refractivity contribution in [2.45, 2.75) is 19.4 Å². The number of nitrogens with two attached hydrogens (primary N) is 1. The zero-order valence-electron chi connectivity index (χ0n) is 9.48. The van der Waals surface area contributed by atoms with Crippen molar-refractivity contribution in [2.75, 3.05) is 6.54 Å². The van der Waals surface area contributed by atoms with Crippen LogP contribution in [0.2, 0.25) is 0 Å². The number of hydrogen-bond donors (Lipinski definition) is 2. The number of benzene rings is 2. The van der Waals surface area contributed by atoms with E-state index in [4.69, 9.17) is 5.73 Å². The predicted molar refractivity (Wildman–Crippen MR) is 67.3 cm³/mol. The molecule has 2 aromatic rings. The molecule has 0 bridgehead atoms. The molecule has 1 atom stereocenters. The third-order valence-electron chi connectivity index (χ3n) is 2.97. The van der Waals surface area contributed by atoms with Gasteiger partial charge in [0, 0.05) is 0 Å². The minimum Gasteiger partial charge on any atom is -0.388 e. The van der Waals surface area contributed by atoms with Crippen LogP contribution in [0.3, 0.4) is 0 Å². The summed E-state index contributed by atoms with van der Waals surface area (Å²) in [5, 5.41) is 12.4. The van der Waals surface area contributed by atoms with E-state index in [9.17, 15) is 5.11 Å². The van der Waals surface area contributed by atoms with Crippen molar-refractivity contribution in [3.05, 3.63) is 47.5 Å². The number of aryl methyl sites for hydroxylation is 1. The van der Waals surface area contributed by atoms with Gasteiger partial charge in [-0.15, -0.1) is 0 Å². The minimum atomic E-state index is -0.463. The fraction of sp³-hybridized carbons (Fsp3) is 0.286. The maximum atomic E-state index is 10.0. The van der Waals surface area contributed by atoms with Crippen LogP contribution in [-0.2, 0) is 0 Å². The number of aliphatic hydroxyl groups excluding tert-OH is 1. The van der Waals surface area contributed by atoms with E-state index < -0.39 is 6.10 Å². The molecule has 0 saturated carbocycles. The molecule has 0 aliphatic rings. The summed E-state index contributed by atoms with van der Waals surface area (Å²) < 4.78 is 0. The smallest absolute Gasteiger partial charge is 0.0808 e. The predicted octanol–water partition coefficient (Wildman–Crippen LogP) is 2.53. The normalized spacial score (nSPS) is 12.9. The number of rotatable bonds is 3. The Morgan fingerprint density at radius 3 is 2.50 bits per heavy atom. The molecule has 84 valence electrons. The van der Waals surface area contributed by atoms with Gasteiger partial charge in [-0.1, -0.05) is 36.4 Å². The Morgan fingerprint density at radius 2 is 1.81 bits per heavy atom. The molecule has 2 aromatic carbocycles. The molecular weight excluding hydrogens is 198 g/mol. The average molecular weight is 215 g/mol. The first-order valence-corrected chi connectivity index (χ1v) is 5.60. The van der Waals surface area contributed by atoms with E-state index in [0.717, 1.165) is 10.9 Å². The van der Waals surface area contributed by atoms with Gasteiger partial charge in [0.05, 0.1) is 6.10 Å². The van der Waals surface area contributed by atoms with Gasteiger partial charge in [0.2, 0.25) is 0 Å². The average Bonchev–Trinajstić information content (AvgIpc) is 2.30. The topological polar surface area (TPSA) is 46.2 Å². The van der Waals surface area contributed by atoms with Gasteiger partial charge in [0.1, 0.15) is 0 Å². The third-order valence-corrected chi connectivity index (χ3v) is 2.97. The lowest BCUT2D eigenvalue weighted by molar-refractivity contribution is 0.172. The lowest BCUT2D eigenvalue weighted by atomic mass is 9.96. The second-order valence-corrected chi connectivity index (χ2v) is 4.11. The first kappa shape index (κ1) is 11.1. The van der Waals surface area contributed by atoms with Gasteiger partial charge in [-0.2, -0.15) is 0 Å². The Hall–Kier alpha value is -1.38. The Labute approximate surface area is 95.7 Å². The van der Waals surface area contributed by atoms with Gasteiger partial charge < -0.3 is 10.8 Å². The molecule has 0 aromatic heterocycles. The standard InChI is InChI=1S/C14H17NO/c1-10-6-7-13(14(16)8-9-15)12-5-3-2-4-11(10)12/h2-7,14,16H,8-9,15H2,1H3/t14-/m0/s1. The number of fused-ring (bicyclic) bond motifs is 1. The molecule has 0 fully saturated rings. The van der Waals surface area contributed by atoms with Crippen LogP contribution in [0.1, 0.15) is 23.7 Å². The molecular formula is C14H17NO. The number of hydrogen-bond acceptors (Lipinski definition) is 2. The highest BCUT2D eigenvalue weighted by atomic mass is 16.3. The molecule has 0 aliphatic heterocycles. The summed E-state index contributed by atoms with van der Waals surface area (Å²) >= 11 is 0. The summed E-state index contributed by atoms with van der Waals surface area (Å²) in [4.78, 5) is 0. The highest BCUT2D eigenvalue weighted by molar-refractivity contribution is 5.88. The Balaban J connectivity index is 2.58. The van der Waals surface area contributed by atoms with Crippen molar-refractivity contribution < 1.29 is 5.11 Å². The molecule has 0 radical (unpaired) electrons. The summed E-state index contributed by atoms with van der Waals surface area (Å²) in [5.74, 6) is 0. The molecule has 0 spiro atoms. The first-order chi connectivity index (χ1) is 7.74. The van der Waals surface area contributed by atoms with E-state index in [1.165, 1.54) is 10.9 Å². The van der Waals surface area contributed by atoms with Crippen molar-refractivity contribution in [3.8, 4) is 0 Å². The Kier molecular flexibility index (Phi) is 3.22. The molecule has 2 heteroatoms. The third kappa shape index (κ3) is 1.94. The van der Waals surface area contributed by atoms with Gasteiger partial charge in [-0.3, -0.25) is 0 Å². The fourth-order valence-electron chi connectivity index (χ4n) is 2.08. The molecule has 0 amide bonds. The molecule has 0 unspecified atom stereocenters. The summed E-state index contributed by atoms with van der Waals surface area (Å²) in [6.07, 6.45) is 0.142. The molecule has 0 saturated heterocycles. The highest BCUT2D eigenvalue weighted by Crippen LogP contribution is 2.28. The molecule has 0 heterocycles. The highest BCUT2D eigenvalue weighted by Gasteiger charge is 2.10. The first-order valence-electron chi connectivity index (χ1n) is 5.60. The summed E-state index contributed by atoms with van der Waals surface area (Å²) in [5.41, 5.74) is 7.69. The minimum absolute atomic E-state index is 0.463. The molecule has 3 N–H and O–H groups in total. The van der Waals surface area contributed by atoms with Crippen LogP contribution in [-0.4, -0.2) is 11.7 Å². The largest absolute Gasteiger partial charge is 0.388 e. The summed E-state index contributed by atoms with van der Waals surface area (Å²) in [7, 11) is 0. The zero-order chi connectivity index (χ0) is 11.5. The molecule has 2 nitrogen and oxygen atoms in total. The Morgan fingerprint density at radius 1 is 1.12 bits per heavy atom. The fourth-order valence-corrected chi connectivity index (χ4v) is 2.08. The molecule has 2 rings (SSSR count). The Bertz CT molecular complexity index is 493. The van der Waals surface area contributed by atoms with Crippen LogP contribution in [0.5, 0.6) is 0 Å². The maximum absolute atomic E-state index is 10.0. The van der Waals surface area contributed by atoms with Gasteiger partial charge >= 0.3 is 0 Å².